The van der Waals surface area contributed by atoms with E-state index in [0.29, 0.717) is 24.3 Å². The minimum absolute atomic E-state index is 0. The Morgan fingerprint density at radius 3 is 2.28 bits per heavy atom. The van der Waals surface area contributed by atoms with Crippen molar-refractivity contribution in [1.82, 2.24) is 14.5 Å². The highest BCUT2D eigenvalue weighted by Gasteiger charge is 2.26. The number of piperidine rings is 1. The van der Waals surface area contributed by atoms with Crippen LogP contribution in [0.25, 0.3) is 11.3 Å². The molecular weight excluding hydrogens is 433 g/mol. The molecule has 32 heavy (non-hydrogen) atoms. The van der Waals surface area contributed by atoms with Gasteiger partial charge >= 0.3 is 5.69 Å². The molecule has 1 aliphatic heterocycles. The van der Waals surface area contributed by atoms with E-state index in [-0.39, 0.29) is 29.9 Å². The summed E-state index contributed by atoms with van der Waals surface area (Å²) < 4.78 is 14.7. The minimum atomic E-state index is -0.423. The van der Waals surface area contributed by atoms with Crippen molar-refractivity contribution in [2.45, 2.75) is 19.4 Å². The predicted octanol–water partition coefficient (Wildman–Crippen LogP) is 3.36. The Morgan fingerprint density at radius 1 is 0.969 bits per heavy atom. The highest BCUT2D eigenvalue weighted by atomic mass is 35.5. The zero-order chi connectivity index (χ0) is 21.8. The van der Waals surface area contributed by atoms with Crippen LogP contribution in [0.3, 0.4) is 0 Å². The summed E-state index contributed by atoms with van der Waals surface area (Å²) >= 11 is 0. The molecule has 0 bridgehead atoms. The van der Waals surface area contributed by atoms with Gasteiger partial charge in [0.25, 0.3) is 5.56 Å². The molecule has 1 N–H and O–H groups in total. The van der Waals surface area contributed by atoms with Crippen molar-refractivity contribution in [3.63, 3.8) is 0 Å². The van der Waals surface area contributed by atoms with E-state index in [2.05, 4.69) is 9.88 Å². The first kappa shape index (κ1) is 23.6. The fraction of sp³-hybridized carbons (Fsp3) is 0.292. The topological polar surface area (TPSA) is 75.2 Å². The quantitative estimate of drug-likeness (QED) is 0.576. The maximum atomic E-state index is 13.1. The van der Waals surface area contributed by atoms with E-state index in [9.17, 15) is 18.8 Å². The van der Waals surface area contributed by atoms with Crippen LogP contribution in [0.4, 0.5) is 4.39 Å². The van der Waals surface area contributed by atoms with E-state index >= 15 is 0 Å². The predicted molar refractivity (Wildman–Crippen MR) is 124 cm³/mol. The second-order valence-electron chi connectivity index (χ2n) is 7.83. The van der Waals surface area contributed by atoms with Gasteiger partial charge in [0.05, 0.1) is 5.69 Å². The van der Waals surface area contributed by atoms with Gasteiger partial charge in [-0.15, -0.1) is 12.4 Å². The van der Waals surface area contributed by atoms with Crippen LogP contribution in [-0.4, -0.2) is 39.9 Å². The van der Waals surface area contributed by atoms with Gasteiger partial charge in [0.2, 0.25) is 0 Å². The molecule has 0 unspecified atom stereocenters. The molecule has 0 saturated carbocycles. The molecule has 168 valence electrons. The van der Waals surface area contributed by atoms with E-state index in [0.717, 1.165) is 31.5 Å². The summed E-state index contributed by atoms with van der Waals surface area (Å²) in [6.45, 7) is 2.58. The number of ketones is 1. The van der Waals surface area contributed by atoms with E-state index in [1.807, 2.05) is 30.3 Å². The molecule has 3 aromatic rings. The molecular formula is C24H25ClFN3O3. The van der Waals surface area contributed by atoms with Crippen LogP contribution in [0.15, 0.2) is 70.3 Å². The molecule has 1 aromatic heterocycles. The van der Waals surface area contributed by atoms with Crippen molar-refractivity contribution in [3.05, 3.63) is 92.9 Å². The van der Waals surface area contributed by atoms with E-state index in [4.69, 9.17) is 0 Å². The molecule has 6 nitrogen and oxygen atoms in total. The van der Waals surface area contributed by atoms with E-state index in [1.165, 1.54) is 30.3 Å². The molecule has 0 aliphatic carbocycles. The number of hydrogen-bond donors (Lipinski definition) is 1. The third-order valence-electron chi connectivity index (χ3n) is 5.83. The number of nitrogens with one attached hydrogen (secondary N) is 1. The number of halogens is 2. The number of aromatic nitrogens is 2. The number of Topliss-reactive ketones (excluding diaryl/α,β-unsaturated/α-hetero) is 1. The van der Waals surface area contributed by atoms with Gasteiger partial charge in [-0.3, -0.25) is 19.1 Å². The molecule has 1 fully saturated rings. The summed E-state index contributed by atoms with van der Waals surface area (Å²) in [4.78, 5) is 41.5. The van der Waals surface area contributed by atoms with Crippen molar-refractivity contribution < 1.29 is 9.18 Å². The van der Waals surface area contributed by atoms with Crippen molar-refractivity contribution in [2.75, 3.05) is 19.6 Å². The molecule has 2 aromatic carbocycles. The molecule has 2 heterocycles. The summed E-state index contributed by atoms with van der Waals surface area (Å²) in [5.41, 5.74) is 1.12. The average Bonchev–Trinajstić information content (AvgIpc) is 2.79. The Morgan fingerprint density at radius 2 is 1.62 bits per heavy atom. The third-order valence-corrected chi connectivity index (χ3v) is 5.83. The van der Waals surface area contributed by atoms with Gasteiger partial charge in [0.15, 0.2) is 5.78 Å². The van der Waals surface area contributed by atoms with Crippen LogP contribution in [-0.2, 0) is 6.54 Å². The lowest BCUT2D eigenvalue weighted by molar-refractivity contribution is 0.0837. The van der Waals surface area contributed by atoms with Gasteiger partial charge in [-0.05, 0) is 55.8 Å². The maximum Gasteiger partial charge on any atom is 0.328 e. The fourth-order valence-electron chi connectivity index (χ4n) is 4.10. The largest absolute Gasteiger partial charge is 0.328 e. The standard InChI is InChI=1S/C24H24FN3O3.ClH/c25-20-8-6-18(7-9-20)23(30)19-10-12-27(13-11-19)14-15-28-21(16-22(29)26-24(28)31)17-4-2-1-3-5-17;/h1-9,16,19H,10-15H2,(H,26,29,31);1H. The van der Waals surface area contributed by atoms with Crippen molar-refractivity contribution in [1.29, 1.82) is 0 Å². The fourth-order valence-corrected chi connectivity index (χ4v) is 4.10. The Balaban J connectivity index is 0.00000289. The van der Waals surface area contributed by atoms with Gasteiger partial charge in [0.1, 0.15) is 5.82 Å². The number of rotatable bonds is 6. The lowest BCUT2D eigenvalue weighted by atomic mass is 9.89. The van der Waals surface area contributed by atoms with Gasteiger partial charge in [-0.25, -0.2) is 9.18 Å². The number of likely N-dealkylation sites (tertiary alicyclic amines) is 1. The number of aromatic amines is 1. The van der Waals surface area contributed by atoms with Crippen LogP contribution in [0.2, 0.25) is 0 Å². The van der Waals surface area contributed by atoms with Gasteiger partial charge < -0.3 is 4.90 Å². The normalized spacial score (nSPS) is 14.7. The molecule has 0 amide bonds. The van der Waals surface area contributed by atoms with Crippen LogP contribution in [0.1, 0.15) is 23.2 Å². The Kier molecular flexibility index (Phi) is 7.77. The number of carbonyl (C=O) groups excluding carboxylic acids is 1. The highest BCUT2D eigenvalue weighted by molar-refractivity contribution is 5.97. The van der Waals surface area contributed by atoms with Gasteiger partial charge in [-0.1, -0.05) is 30.3 Å². The van der Waals surface area contributed by atoms with Crippen molar-refractivity contribution in [2.24, 2.45) is 5.92 Å². The molecule has 0 radical (unpaired) electrons. The molecule has 4 rings (SSSR count). The van der Waals surface area contributed by atoms with Crippen molar-refractivity contribution >= 4 is 18.2 Å². The molecule has 1 aliphatic rings. The molecule has 0 spiro atoms. The first-order valence-electron chi connectivity index (χ1n) is 10.4. The summed E-state index contributed by atoms with van der Waals surface area (Å²) in [6.07, 6.45) is 1.45. The second-order valence-corrected chi connectivity index (χ2v) is 7.83. The number of hydrogen-bond acceptors (Lipinski definition) is 4. The zero-order valence-electron chi connectivity index (χ0n) is 17.5. The second kappa shape index (κ2) is 10.5. The molecule has 0 atom stereocenters. The summed E-state index contributed by atoms with van der Waals surface area (Å²) in [7, 11) is 0. The van der Waals surface area contributed by atoms with E-state index in [1.54, 1.807) is 4.57 Å². The first-order chi connectivity index (χ1) is 15.0. The Bertz CT molecular complexity index is 1170. The first-order valence-corrected chi connectivity index (χ1v) is 10.4. The zero-order valence-corrected chi connectivity index (χ0v) is 18.3. The highest BCUT2D eigenvalue weighted by Crippen LogP contribution is 2.22. The van der Waals surface area contributed by atoms with Crippen LogP contribution in [0, 0.1) is 11.7 Å². The van der Waals surface area contributed by atoms with Gasteiger partial charge in [0, 0.05) is 30.6 Å². The Hall–Kier alpha value is -3.03. The number of benzene rings is 2. The van der Waals surface area contributed by atoms with Crippen LogP contribution < -0.4 is 11.2 Å². The molecule has 1 saturated heterocycles. The van der Waals surface area contributed by atoms with Crippen LogP contribution in [0.5, 0.6) is 0 Å². The van der Waals surface area contributed by atoms with Gasteiger partial charge in [-0.2, -0.15) is 0 Å². The lowest BCUT2D eigenvalue weighted by Gasteiger charge is -2.31. The number of nitrogens with zero attached hydrogens (tertiary/aromatic N) is 2. The summed E-state index contributed by atoms with van der Waals surface area (Å²) in [5, 5.41) is 0. The van der Waals surface area contributed by atoms with Crippen LogP contribution >= 0.6 is 12.4 Å². The van der Waals surface area contributed by atoms with E-state index < -0.39 is 11.2 Å². The third kappa shape index (κ3) is 5.41. The minimum Gasteiger partial charge on any atom is -0.302 e. The Labute approximate surface area is 191 Å². The summed E-state index contributed by atoms with van der Waals surface area (Å²) in [6, 6.07) is 16.5. The number of carbonyl (C=O) groups is 1. The SMILES string of the molecule is Cl.O=C(c1ccc(F)cc1)C1CCN(CCn2c(-c3ccccc3)cc(=O)[nH]c2=O)CC1. The molecule has 8 heteroatoms. The smallest absolute Gasteiger partial charge is 0.302 e. The average molecular weight is 458 g/mol. The van der Waals surface area contributed by atoms with Crippen molar-refractivity contribution in [3.8, 4) is 11.3 Å². The monoisotopic (exact) mass is 457 g/mol. The lowest BCUT2D eigenvalue weighted by Crippen LogP contribution is -2.40. The maximum absolute atomic E-state index is 13.1. The summed E-state index contributed by atoms with van der Waals surface area (Å²) in [5.74, 6) is -0.362. The number of H-pyrrole nitrogens is 1.